The van der Waals surface area contributed by atoms with E-state index in [-0.39, 0.29) is 24.4 Å². The molecule has 2 aromatic rings. The zero-order chi connectivity index (χ0) is 20.0. The topological polar surface area (TPSA) is 43.5 Å². The van der Waals surface area contributed by atoms with Crippen LogP contribution in [0.3, 0.4) is 0 Å². The van der Waals surface area contributed by atoms with Gasteiger partial charge in [0.2, 0.25) is 0 Å². The van der Waals surface area contributed by atoms with E-state index < -0.39 is 0 Å². The van der Waals surface area contributed by atoms with Crippen LogP contribution in [0.1, 0.15) is 36.1 Å². The second kappa shape index (κ2) is 7.41. The van der Waals surface area contributed by atoms with Gasteiger partial charge >= 0.3 is 0 Å². The lowest BCUT2D eigenvalue weighted by Crippen LogP contribution is -2.20. The molecule has 4 nitrogen and oxygen atoms in total. The van der Waals surface area contributed by atoms with Crippen molar-refractivity contribution in [2.45, 2.75) is 66.0 Å². The lowest BCUT2D eigenvalue weighted by Gasteiger charge is -2.20. The Kier molecular flexibility index (Phi) is 5.11. The van der Waals surface area contributed by atoms with E-state index in [1.165, 1.54) is 11.1 Å². The van der Waals surface area contributed by atoms with Crippen LogP contribution < -0.4 is 9.47 Å². The van der Waals surface area contributed by atoms with E-state index in [0.29, 0.717) is 0 Å². The third kappa shape index (κ3) is 4.03. The molecule has 0 bridgehead atoms. The number of benzene rings is 2. The van der Waals surface area contributed by atoms with Crippen molar-refractivity contribution in [1.82, 2.24) is 0 Å². The fourth-order valence-electron chi connectivity index (χ4n) is 3.78. The quantitative estimate of drug-likeness (QED) is 0.638. The molecule has 28 heavy (non-hydrogen) atoms. The van der Waals surface area contributed by atoms with Crippen LogP contribution in [0.25, 0.3) is 11.1 Å². The molecular weight excluding hydrogens is 352 g/mol. The first-order valence-corrected chi connectivity index (χ1v) is 10.1. The van der Waals surface area contributed by atoms with Crippen LogP contribution in [0, 0.1) is 27.7 Å². The summed E-state index contributed by atoms with van der Waals surface area (Å²) in [6.45, 7) is 14.2. The monoisotopic (exact) mass is 382 g/mol. The highest BCUT2D eigenvalue weighted by molar-refractivity contribution is 5.70. The predicted molar refractivity (Wildman–Crippen MR) is 110 cm³/mol. The van der Waals surface area contributed by atoms with Crippen molar-refractivity contribution in [2.24, 2.45) is 0 Å². The van der Waals surface area contributed by atoms with Gasteiger partial charge in [-0.25, -0.2) is 0 Å². The largest absolute Gasteiger partial charge is 0.487 e. The first-order chi connectivity index (χ1) is 13.3. The van der Waals surface area contributed by atoms with Gasteiger partial charge in [0.1, 0.15) is 35.9 Å². The third-order valence-corrected chi connectivity index (χ3v) is 5.63. The maximum absolute atomic E-state index is 6.17. The number of aryl methyl sites for hydroxylation is 4. The molecule has 4 atom stereocenters. The molecule has 2 heterocycles. The van der Waals surface area contributed by atoms with Crippen molar-refractivity contribution in [2.75, 3.05) is 13.2 Å². The highest BCUT2D eigenvalue weighted by atomic mass is 16.6. The van der Waals surface area contributed by atoms with Crippen molar-refractivity contribution in [3.8, 4) is 22.6 Å². The number of rotatable bonds is 7. The van der Waals surface area contributed by atoms with Crippen LogP contribution >= 0.6 is 0 Å². The standard InChI is InChI=1S/C24H30O4/c1-13-7-19(8-14(2)23(13)27-17(5)21-11-25-21)20-9-15(3)24(16(4)10-20)28-18(6)22-12-26-22/h7-10,17-18,21-22H,11-12H2,1-6H3. The summed E-state index contributed by atoms with van der Waals surface area (Å²) in [5, 5.41) is 0. The Labute approximate surface area is 167 Å². The molecule has 0 saturated carbocycles. The van der Waals surface area contributed by atoms with Crippen molar-refractivity contribution in [1.29, 1.82) is 0 Å². The van der Waals surface area contributed by atoms with Gasteiger partial charge in [-0.1, -0.05) is 0 Å². The van der Waals surface area contributed by atoms with Gasteiger partial charge in [0.05, 0.1) is 13.2 Å². The molecule has 2 aliphatic heterocycles. The molecule has 4 unspecified atom stereocenters. The molecule has 2 saturated heterocycles. The Morgan fingerprint density at radius 1 is 0.679 bits per heavy atom. The minimum absolute atomic E-state index is 0.0848. The van der Waals surface area contributed by atoms with Crippen LogP contribution in [0.4, 0.5) is 0 Å². The molecule has 150 valence electrons. The maximum Gasteiger partial charge on any atom is 0.125 e. The first-order valence-electron chi connectivity index (χ1n) is 10.1. The molecule has 0 aliphatic carbocycles. The smallest absolute Gasteiger partial charge is 0.125 e. The van der Waals surface area contributed by atoms with Crippen molar-refractivity contribution >= 4 is 0 Å². The Morgan fingerprint density at radius 3 is 1.21 bits per heavy atom. The minimum atomic E-state index is 0.0848. The number of ether oxygens (including phenoxy) is 4. The zero-order valence-electron chi connectivity index (χ0n) is 17.7. The number of hydrogen-bond donors (Lipinski definition) is 0. The summed E-state index contributed by atoms with van der Waals surface area (Å²) < 4.78 is 23.1. The molecule has 0 spiro atoms. The second-order valence-electron chi connectivity index (χ2n) is 8.27. The lowest BCUT2D eigenvalue weighted by atomic mass is 9.96. The fraction of sp³-hybridized carbons (Fsp3) is 0.500. The van der Waals surface area contributed by atoms with E-state index in [1.807, 2.05) is 0 Å². The van der Waals surface area contributed by atoms with Gasteiger partial charge in [0.25, 0.3) is 0 Å². The van der Waals surface area contributed by atoms with Gasteiger partial charge in [-0.15, -0.1) is 0 Å². The zero-order valence-corrected chi connectivity index (χ0v) is 17.7. The summed E-state index contributed by atoms with van der Waals surface area (Å²) in [5.74, 6) is 1.94. The fourth-order valence-corrected chi connectivity index (χ4v) is 3.78. The number of epoxide rings is 2. The van der Waals surface area contributed by atoms with E-state index in [0.717, 1.165) is 47.0 Å². The van der Waals surface area contributed by atoms with E-state index in [4.69, 9.17) is 18.9 Å². The van der Waals surface area contributed by atoms with Crippen LogP contribution in [-0.2, 0) is 9.47 Å². The summed E-state index contributed by atoms with van der Waals surface area (Å²) >= 11 is 0. The summed E-state index contributed by atoms with van der Waals surface area (Å²) in [5.41, 5.74) is 7.01. The van der Waals surface area contributed by atoms with Gasteiger partial charge in [-0.05, 0) is 99.2 Å². The Hall–Kier alpha value is -2.04. The Morgan fingerprint density at radius 2 is 0.964 bits per heavy atom. The Balaban J connectivity index is 1.59. The summed E-state index contributed by atoms with van der Waals surface area (Å²) in [7, 11) is 0. The van der Waals surface area contributed by atoms with Crippen molar-refractivity contribution in [3.05, 3.63) is 46.5 Å². The molecule has 4 rings (SSSR count). The van der Waals surface area contributed by atoms with Gasteiger partial charge in [-0.2, -0.15) is 0 Å². The molecular formula is C24H30O4. The molecule has 0 N–H and O–H groups in total. The maximum atomic E-state index is 6.17. The molecule has 4 heteroatoms. The van der Waals surface area contributed by atoms with E-state index in [1.54, 1.807) is 0 Å². The summed E-state index contributed by atoms with van der Waals surface area (Å²) in [6, 6.07) is 8.83. The molecule has 2 aliphatic rings. The van der Waals surface area contributed by atoms with Gasteiger partial charge in [-0.3, -0.25) is 0 Å². The van der Waals surface area contributed by atoms with E-state index in [9.17, 15) is 0 Å². The average Bonchev–Trinajstić information content (AvgIpc) is 3.52. The average molecular weight is 383 g/mol. The predicted octanol–water partition coefficient (Wildman–Crippen LogP) is 4.92. The Bertz CT molecular complexity index is 761. The molecule has 0 aromatic heterocycles. The highest BCUT2D eigenvalue weighted by Crippen LogP contribution is 2.36. The lowest BCUT2D eigenvalue weighted by molar-refractivity contribution is 0.174. The minimum Gasteiger partial charge on any atom is -0.487 e. The van der Waals surface area contributed by atoms with Crippen LogP contribution in [0.15, 0.2) is 24.3 Å². The van der Waals surface area contributed by atoms with E-state index in [2.05, 4.69) is 65.8 Å². The SMILES string of the molecule is Cc1cc(-c2cc(C)c(OC(C)C3CO3)c(C)c2)cc(C)c1OC(C)C1CO1. The summed E-state index contributed by atoms with van der Waals surface area (Å²) in [6.07, 6.45) is 0.641. The van der Waals surface area contributed by atoms with Crippen molar-refractivity contribution in [3.63, 3.8) is 0 Å². The van der Waals surface area contributed by atoms with Gasteiger partial charge in [0, 0.05) is 0 Å². The summed E-state index contributed by atoms with van der Waals surface area (Å²) in [4.78, 5) is 0. The second-order valence-corrected chi connectivity index (χ2v) is 8.27. The molecule has 2 aromatic carbocycles. The molecule has 2 fully saturated rings. The van der Waals surface area contributed by atoms with Gasteiger partial charge in [0.15, 0.2) is 0 Å². The molecule has 0 radical (unpaired) electrons. The van der Waals surface area contributed by atoms with Crippen molar-refractivity contribution < 1.29 is 18.9 Å². The first kappa shape index (κ1) is 19.3. The van der Waals surface area contributed by atoms with Crippen LogP contribution in [-0.4, -0.2) is 37.6 Å². The van der Waals surface area contributed by atoms with Crippen LogP contribution in [0.5, 0.6) is 11.5 Å². The van der Waals surface area contributed by atoms with Crippen LogP contribution in [0.2, 0.25) is 0 Å². The van der Waals surface area contributed by atoms with E-state index >= 15 is 0 Å². The number of hydrogen-bond acceptors (Lipinski definition) is 4. The normalized spacial score (nSPS) is 22.5. The highest BCUT2D eigenvalue weighted by Gasteiger charge is 2.32. The third-order valence-electron chi connectivity index (χ3n) is 5.63. The molecule has 0 amide bonds. The van der Waals surface area contributed by atoms with Gasteiger partial charge < -0.3 is 18.9 Å².